The van der Waals surface area contributed by atoms with Crippen LogP contribution in [0, 0.1) is 5.92 Å². The van der Waals surface area contributed by atoms with Crippen LogP contribution in [0.25, 0.3) is 21.7 Å². The molecule has 33 heavy (non-hydrogen) atoms. The number of amides is 3. The van der Waals surface area contributed by atoms with Crippen LogP contribution in [0.5, 0.6) is 0 Å². The molecule has 7 heteroatoms. The second-order valence-corrected chi connectivity index (χ2v) is 8.28. The van der Waals surface area contributed by atoms with Crippen LogP contribution in [-0.4, -0.2) is 40.7 Å². The van der Waals surface area contributed by atoms with Crippen LogP contribution in [0.15, 0.2) is 72.9 Å². The van der Waals surface area contributed by atoms with Gasteiger partial charge in [0, 0.05) is 41.7 Å². The first-order valence-corrected chi connectivity index (χ1v) is 11.0. The number of fused-ring (bicyclic) bond motifs is 2. The molecule has 0 bridgehead atoms. The third kappa shape index (κ3) is 4.05. The summed E-state index contributed by atoms with van der Waals surface area (Å²) < 4.78 is 0. The zero-order valence-electron chi connectivity index (χ0n) is 18.0. The lowest BCUT2D eigenvalue weighted by molar-refractivity contribution is -0.127. The summed E-state index contributed by atoms with van der Waals surface area (Å²) in [5.74, 6) is -0.882. The van der Waals surface area contributed by atoms with Crippen molar-refractivity contribution in [2.24, 2.45) is 5.92 Å². The van der Waals surface area contributed by atoms with Gasteiger partial charge in [-0.1, -0.05) is 54.6 Å². The molecule has 0 radical (unpaired) electrons. The molecule has 166 valence electrons. The zero-order chi connectivity index (χ0) is 22.8. The minimum Gasteiger partial charge on any atom is -0.360 e. The highest BCUT2D eigenvalue weighted by molar-refractivity contribution is 6.08. The summed E-state index contributed by atoms with van der Waals surface area (Å²) in [6.45, 7) is 0.993. The Labute approximate surface area is 190 Å². The number of aromatic nitrogens is 1. The normalized spacial score (nSPS) is 14.4. The van der Waals surface area contributed by atoms with E-state index < -0.39 is 0 Å². The number of hydrogen-bond donors (Lipinski definition) is 3. The molecule has 1 saturated heterocycles. The Morgan fingerprint density at radius 2 is 1.48 bits per heavy atom. The van der Waals surface area contributed by atoms with Crippen LogP contribution in [0.1, 0.15) is 33.6 Å². The Morgan fingerprint density at radius 3 is 2.30 bits per heavy atom. The monoisotopic (exact) mass is 440 g/mol. The number of likely N-dealkylation sites (tertiary alicyclic amines) is 1. The molecule has 0 unspecified atom stereocenters. The van der Waals surface area contributed by atoms with E-state index in [2.05, 4.69) is 15.8 Å². The van der Waals surface area contributed by atoms with Crippen molar-refractivity contribution in [2.45, 2.75) is 12.8 Å². The lowest BCUT2D eigenvalue weighted by Gasteiger charge is -2.31. The molecule has 3 amide bonds. The van der Waals surface area contributed by atoms with Crippen LogP contribution in [0.4, 0.5) is 0 Å². The van der Waals surface area contributed by atoms with Gasteiger partial charge >= 0.3 is 0 Å². The number of carbonyl (C=O) groups is 3. The predicted molar refractivity (Wildman–Crippen MR) is 126 cm³/mol. The first-order chi connectivity index (χ1) is 16.1. The van der Waals surface area contributed by atoms with Crippen LogP contribution in [0.3, 0.4) is 0 Å². The van der Waals surface area contributed by atoms with Crippen molar-refractivity contribution in [1.29, 1.82) is 0 Å². The third-order valence-corrected chi connectivity index (χ3v) is 6.31. The maximum Gasteiger partial charge on any atom is 0.271 e. The van der Waals surface area contributed by atoms with Crippen molar-refractivity contribution in [1.82, 2.24) is 20.7 Å². The molecule has 1 fully saturated rings. The van der Waals surface area contributed by atoms with Gasteiger partial charge in [0.15, 0.2) is 0 Å². The van der Waals surface area contributed by atoms with Crippen LogP contribution in [0.2, 0.25) is 0 Å². The van der Waals surface area contributed by atoms with E-state index in [0.717, 1.165) is 21.7 Å². The van der Waals surface area contributed by atoms with Gasteiger partial charge < -0.3 is 9.88 Å². The standard InChI is InChI=1S/C26H24N4O3/c31-24(28-29-25(32)22-16-27-23-11-4-3-9-20(22)23)18-12-14-30(15-13-18)26(33)21-10-5-7-17-6-1-2-8-19(17)21/h1-11,16,18,27H,12-15H2,(H,28,31)(H,29,32). The molecule has 1 aromatic heterocycles. The second kappa shape index (κ2) is 8.78. The molecule has 1 aliphatic heterocycles. The largest absolute Gasteiger partial charge is 0.360 e. The average Bonchev–Trinajstić information content (AvgIpc) is 3.31. The molecule has 4 aromatic rings. The van der Waals surface area contributed by atoms with Crippen LogP contribution in [-0.2, 0) is 4.79 Å². The second-order valence-electron chi connectivity index (χ2n) is 8.28. The SMILES string of the molecule is O=C(NNC(=O)C1CCN(C(=O)c2cccc3ccccc23)CC1)c1c[nH]c2ccccc12. The first-order valence-electron chi connectivity index (χ1n) is 11.0. The van der Waals surface area contributed by atoms with Crippen molar-refractivity contribution >= 4 is 39.4 Å². The van der Waals surface area contributed by atoms with E-state index in [1.807, 2.05) is 66.7 Å². The van der Waals surface area contributed by atoms with Gasteiger partial charge in [-0.25, -0.2) is 0 Å². The number of nitrogens with zero attached hydrogens (tertiary/aromatic N) is 1. The molecule has 0 saturated carbocycles. The van der Waals surface area contributed by atoms with Gasteiger partial charge in [0.05, 0.1) is 5.56 Å². The molecule has 3 N–H and O–H groups in total. The van der Waals surface area contributed by atoms with E-state index >= 15 is 0 Å². The van der Waals surface area contributed by atoms with Gasteiger partial charge in [-0.15, -0.1) is 0 Å². The van der Waals surface area contributed by atoms with E-state index in [9.17, 15) is 14.4 Å². The van der Waals surface area contributed by atoms with Gasteiger partial charge in [0.25, 0.3) is 11.8 Å². The summed E-state index contributed by atoms with van der Waals surface area (Å²) in [5.41, 5.74) is 7.08. The molecular formula is C26H24N4O3. The van der Waals surface area contributed by atoms with Gasteiger partial charge in [0.1, 0.15) is 0 Å². The number of H-pyrrole nitrogens is 1. The minimum absolute atomic E-state index is 0.0155. The number of piperidine rings is 1. The van der Waals surface area contributed by atoms with Crippen LogP contribution < -0.4 is 10.9 Å². The highest BCUT2D eigenvalue weighted by Crippen LogP contribution is 2.24. The summed E-state index contributed by atoms with van der Waals surface area (Å²) in [4.78, 5) is 43.1. The summed E-state index contributed by atoms with van der Waals surface area (Å²) >= 11 is 0. The van der Waals surface area contributed by atoms with Gasteiger partial charge in [-0.3, -0.25) is 25.2 Å². The average molecular weight is 441 g/mol. The number of aromatic amines is 1. The summed E-state index contributed by atoms with van der Waals surface area (Å²) in [5, 5.41) is 2.76. The summed E-state index contributed by atoms with van der Waals surface area (Å²) in [7, 11) is 0. The number of hydrogen-bond acceptors (Lipinski definition) is 3. The number of carbonyl (C=O) groups excluding carboxylic acids is 3. The number of rotatable bonds is 3. The number of nitrogens with one attached hydrogen (secondary N) is 3. The topological polar surface area (TPSA) is 94.3 Å². The van der Waals surface area contributed by atoms with Gasteiger partial charge in [-0.05, 0) is 35.7 Å². The fourth-order valence-electron chi connectivity index (χ4n) is 4.47. The predicted octanol–water partition coefficient (Wildman–Crippen LogP) is 3.63. The number of benzene rings is 3. The first kappa shape index (κ1) is 20.8. The quantitative estimate of drug-likeness (QED) is 0.425. The van der Waals surface area contributed by atoms with E-state index in [1.165, 1.54) is 0 Å². The molecule has 5 rings (SSSR count). The lowest BCUT2D eigenvalue weighted by atomic mass is 9.95. The lowest BCUT2D eigenvalue weighted by Crippen LogP contribution is -2.48. The van der Waals surface area contributed by atoms with E-state index in [1.54, 1.807) is 11.1 Å². The Bertz CT molecular complexity index is 1350. The Kier molecular flexibility index (Phi) is 5.52. The molecular weight excluding hydrogens is 416 g/mol. The van der Waals surface area contributed by atoms with E-state index in [0.29, 0.717) is 37.1 Å². The van der Waals surface area contributed by atoms with Gasteiger partial charge in [0.2, 0.25) is 5.91 Å². The minimum atomic E-state index is -0.371. The van der Waals surface area contributed by atoms with Crippen molar-refractivity contribution in [2.75, 3.05) is 13.1 Å². The molecule has 0 aliphatic carbocycles. The Morgan fingerprint density at radius 1 is 0.788 bits per heavy atom. The van der Waals surface area contributed by atoms with Crippen molar-refractivity contribution in [3.8, 4) is 0 Å². The maximum absolute atomic E-state index is 13.1. The van der Waals surface area contributed by atoms with Crippen LogP contribution >= 0.6 is 0 Å². The molecule has 2 heterocycles. The smallest absolute Gasteiger partial charge is 0.271 e. The third-order valence-electron chi connectivity index (χ3n) is 6.31. The molecule has 0 atom stereocenters. The number of para-hydroxylation sites is 1. The molecule has 3 aromatic carbocycles. The van der Waals surface area contributed by atoms with Crippen molar-refractivity contribution in [3.05, 3.63) is 84.1 Å². The fraction of sp³-hybridized carbons (Fsp3) is 0.192. The summed E-state index contributed by atoms with van der Waals surface area (Å²) in [6, 6.07) is 21.1. The highest BCUT2D eigenvalue weighted by atomic mass is 16.2. The molecule has 0 spiro atoms. The molecule has 7 nitrogen and oxygen atoms in total. The fourth-order valence-corrected chi connectivity index (χ4v) is 4.47. The highest BCUT2D eigenvalue weighted by Gasteiger charge is 2.28. The van der Waals surface area contributed by atoms with Crippen molar-refractivity contribution in [3.63, 3.8) is 0 Å². The van der Waals surface area contributed by atoms with Crippen molar-refractivity contribution < 1.29 is 14.4 Å². The molecule has 1 aliphatic rings. The Hall–Kier alpha value is -4.13. The van der Waals surface area contributed by atoms with E-state index in [-0.39, 0.29) is 23.6 Å². The maximum atomic E-state index is 13.1. The van der Waals surface area contributed by atoms with E-state index in [4.69, 9.17) is 0 Å². The zero-order valence-corrected chi connectivity index (χ0v) is 18.0. The summed E-state index contributed by atoms with van der Waals surface area (Å²) in [6.07, 6.45) is 2.72. The number of hydrazine groups is 1. The van der Waals surface area contributed by atoms with Gasteiger partial charge in [-0.2, -0.15) is 0 Å². The Balaban J connectivity index is 1.17.